The Labute approximate surface area is 63.2 Å². The molecule has 3 aliphatic rings. The third-order valence-corrected chi connectivity index (χ3v) is 4.51. The van der Waals surface area contributed by atoms with E-state index in [0.717, 1.165) is 5.41 Å². The molecule has 3 fully saturated rings. The van der Waals surface area contributed by atoms with Gasteiger partial charge in [0.15, 0.2) is 0 Å². The zero-order valence-electron chi connectivity index (χ0n) is 4.73. The van der Waals surface area contributed by atoms with Gasteiger partial charge in [-0.15, -0.1) is 0 Å². The first kappa shape index (κ1) is 4.53. The number of hydrogen-bond donors (Lipinski definition) is 0. The van der Waals surface area contributed by atoms with Gasteiger partial charge < -0.3 is 0 Å². The molecule has 0 aromatic carbocycles. The molecular weight excluding hydrogens is 211 g/mol. The molecule has 3 aliphatic carbocycles. The second-order valence-corrected chi connectivity index (χ2v) is 4.50. The number of rotatable bonds is 1. The summed E-state index contributed by atoms with van der Waals surface area (Å²) in [7, 11) is 0. The van der Waals surface area contributed by atoms with Crippen molar-refractivity contribution in [1.82, 2.24) is 0 Å². The molecular formula is C7H9I. The molecule has 0 saturated heterocycles. The molecule has 0 N–H and O–H groups in total. The van der Waals surface area contributed by atoms with E-state index in [-0.39, 0.29) is 0 Å². The molecule has 1 heteroatoms. The van der Waals surface area contributed by atoms with Gasteiger partial charge in [0.05, 0.1) is 0 Å². The second-order valence-electron chi connectivity index (χ2n) is 3.62. The van der Waals surface area contributed by atoms with Gasteiger partial charge in [-0.05, 0) is 36.0 Å². The van der Waals surface area contributed by atoms with E-state index in [1.165, 1.54) is 22.2 Å². The fraction of sp³-hybridized carbons (Fsp3) is 1.00. The fourth-order valence-electron chi connectivity index (χ4n) is 2.58. The standard InChI is InChI=1S/C7H9I/c8-3-4-2-7(4)5-1-6(5)7/h4-6H,1-3H2. The number of halogens is 1. The van der Waals surface area contributed by atoms with Gasteiger partial charge in [-0.25, -0.2) is 0 Å². The van der Waals surface area contributed by atoms with Crippen LogP contribution < -0.4 is 0 Å². The van der Waals surface area contributed by atoms with Crippen LogP contribution >= 0.6 is 22.6 Å². The Hall–Kier alpha value is 0.730. The summed E-state index contributed by atoms with van der Waals surface area (Å²) in [5, 5.41) is 0. The average molecular weight is 220 g/mol. The highest BCUT2D eigenvalue weighted by molar-refractivity contribution is 14.1. The predicted octanol–water partition coefficient (Wildman–Crippen LogP) is 2.08. The monoisotopic (exact) mass is 220 g/mol. The minimum atomic E-state index is 1.02. The Balaban J connectivity index is 1.81. The molecule has 3 saturated carbocycles. The van der Waals surface area contributed by atoms with Crippen LogP contribution in [0.2, 0.25) is 0 Å². The van der Waals surface area contributed by atoms with Crippen LogP contribution in [0.4, 0.5) is 0 Å². The molecule has 1 spiro atoms. The van der Waals surface area contributed by atoms with Crippen LogP contribution in [0.25, 0.3) is 0 Å². The maximum atomic E-state index is 2.54. The van der Waals surface area contributed by atoms with Crippen LogP contribution in [0.3, 0.4) is 0 Å². The van der Waals surface area contributed by atoms with Crippen LogP contribution in [-0.4, -0.2) is 4.43 Å². The topological polar surface area (TPSA) is 0 Å². The van der Waals surface area contributed by atoms with Gasteiger partial charge in [0.2, 0.25) is 0 Å². The Kier molecular flexibility index (Phi) is 0.565. The average Bonchev–Trinajstić information content (AvgIpc) is 2.63. The summed E-state index contributed by atoms with van der Waals surface area (Å²) in [6.07, 6.45) is 3.21. The summed E-state index contributed by atoms with van der Waals surface area (Å²) in [4.78, 5) is 0. The van der Waals surface area contributed by atoms with Gasteiger partial charge in [0.1, 0.15) is 0 Å². The second kappa shape index (κ2) is 0.998. The first-order valence-corrected chi connectivity index (χ1v) is 4.98. The zero-order valence-corrected chi connectivity index (χ0v) is 6.89. The molecule has 0 aromatic rings. The SMILES string of the molecule is ICC1CC12C1CC12. The summed E-state index contributed by atoms with van der Waals surface area (Å²) in [5.74, 6) is 3.68. The normalized spacial score (nSPS) is 72.4. The van der Waals surface area contributed by atoms with Crippen molar-refractivity contribution in [3.63, 3.8) is 0 Å². The van der Waals surface area contributed by atoms with Gasteiger partial charge in [-0.2, -0.15) is 0 Å². The van der Waals surface area contributed by atoms with Crippen molar-refractivity contribution in [2.45, 2.75) is 12.8 Å². The van der Waals surface area contributed by atoms with Gasteiger partial charge in [0, 0.05) is 4.43 Å². The minimum absolute atomic E-state index is 1.02. The lowest BCUT2D eigenvalue weighted by molar-refractivity contribution is 0.564. The molecule has 0 nitrogen and oxygen atoms in total. The van der Waals surface area contributed by atoms with Crippen molar-refractivity contribution in [1.29, 1.82) is 0 Å². The minimum Gasteiger partial charge on any atom is -0.0861 e. The molecule has 3 rings (SSSR count). The van der Waals surface area contributed by atoms with E-state index in [1.807, 2.05) is 0 Å². The van der Waals surface area contributed by atoms with E-state index in [1.54, 1.807) is 12.8 Å². The van der Waals surface area contributed by atoms with Crippen LogP contribution in [-0.2, 0) is 0 Å². The molecule has 0 amide bonds. The molecule has 3 atom stereocenters. The molecule has 0 bridgehead atoms. The lowest BCUT2D eigenvalue weighted by Gasteiger charge is -1.95. The van der Waals surface area contributed by atoms with Gasteiger partial charge >= 0.3 is 0 Å². The number of alkyl halides is 1. The summed E-state index contributed by atoms with van der Waals surface area (Å²) < 4.78 is 1.44. The highest BCUT2D eigenvalue weighted by Crippen LogP contribution is 2.91. The summed E-state index contributed by atoms with van der Waals surface area (Å²) in [6.45, 7) is 0. The van der Waals surface area contributed by atoms with E-state index in [0.29, 0.717) is 0 Å². The Bertz CT molecular complexity index is 144. The predicted molar refractivity (Wildman–Crippen MR) is 41.0 cm³/mol. The van der Waals surface area contributed by atoms with Gasteiger partial charge in [0.25, 0.3) is 0 Å². The van der Waals surface area contributed by atoms with Crippen LogP contribution in [0.1, 0.15) is 12.8 Å². The van der Waals surface area contributed by atoms with E-state index < -0.39 is 0 Å². The Morgan fingerprint density at radius 2 is 2.25 bits per heavy atom. The largest absolute Gasteiger partial charge is 0.0861 e. The van der Waals surface area contributed by atoms with Gasteiger partial charge in [-0.1, -0.05) is 22.6 Å². The maximum absolute atomic E-state index is 2.54. The van der Waals surface area contributed by atoms with Crippen molar-refractivity contribution in [3.8, 4) is 0 Å². The summed E-state index contributed by atoms with van der Waals surface area (Å²) in [5.41, 5.74) is 1.02. The molecule has 44 valence electrons. The van der Waals surface area contributed by atoms with Crippen molar-refractivity contribution in [2.75, 3.05) is 4.43 Å². The van der Waals surface area contributed by atoms with Crippen molar-refractivity contribution in [3.05, 3.63) is 0 Å². The molecule has 8 heavy (non-hydrogen) atoms. The zero-order chi connectivity index (χ0) is 5.35. The fourth-order valence-corrected chi connectivity index (χ4v) is 3.71. The van der Waals surface area contributed by atoms with Crippen LogP contribution in [0.15, 0.2) is 0 Å². The molecule has 3 unspecified atom stereocenters. The van der Waals surface area contributed by atoms with E-state index in [4.69, 9.17) is 0 Å². The number of hydrogen-bond acceptors (Lipinski definition) is 0. The Morgan fingerprint density at radius 3 is 2.38 bits per heavy atom. The Morgan fingerprint density at radius 1 is 1.50 bits per heavy atom. The van der Waals surface area contributed by atoms with Gasteiger partial charge in [-0.3, -0.25) is 0 Å². The van der Waals surface area contributed by atoms with E-state index in [2.05, 4.69) is 22.6 Å². The van der Waals surface area contributed by atoms with E-state index in [9.17, 15) is 0 Å². The molecule has 0 radical (unpaired) electrons. The third-order valence-electron chi connectivity index (χ3n) is 3.45. The van der Waals surface area contributed by atoms with Crippen molar-refractivity contribution in [2.24, 2.45) is 23.2 Å². The van der Waals surface area contributed by atoms with Crippen molar-refractivity contribution < 1.29 is 0 Å². The van der Waals surface area contributed by atoms with Crippen LogP contribution in [0, 0.1) is 23.2 Å². The lowest BCUT2D eigenvalue weighted by atomic mass is 10.1. The quantitative estimate of drug-likeness (QED) is 0.468. The first-order valence-electron chi connectivity index (χ1n) is 3.45. The molecule has 0 aliphatic heterocycles. The van der Waals surface area contributed by atoms with Crippen LogP contribution in [0.5, 0.6) is 0 Å². The van der Waals surface area contributed by atoms with E-state index >= 15 is 0 Å². The first-order chi connectivity index (χ1) is 3.89. The molecule has 0 heterocycles. The summed E-state index contributed by atoms with van der Waals surface area (Å²) >= 11 is 2.54. The van der Waals surface area contributed by atoms with Crippen molar-refractivity contribution >= 4 is 22.6 Å². The maximum Gasteiger partial charge on any atom is 0.00294 e. The molecule has 0 aromatic heterocycles. The third kappa shape index (κ3) is 0.287. The number of fused-ring (bicyclic) bond motifs is 3. The lowest BCUT2D eigenvalue weighted by Crippen LogP contribution is -1.91. The smallest absolute Gasteiger partial charge is 0.00294 e. The summed E-state index contributed by atoms with van der Waals surface area (Å²) in [6, 6.07) is 0. The highest BCUT2D eigenvalue weighted by atomic mass is 127. The highest BCUT2D eigenvalue weighted by Gasteiger charge is 2.85.